The lowest BCUT2D eigenvalue weighted by Gasteiger charge is -2.04. The fraction of sp³-hybridized carbons (Fsp3) is 0.286. The van der Waals surface area contributed by atoms with Crippen molar-refractivity contribution >= 4 is 17.7 Å². The first-order valence-corrected chi connectivity index (χ1v) is 6.61. The average molecular weight is 286 g/mol. The number of amides is 1. The monoisotopic (exact) mass is 286 g/mol. The third-order valence-corrected chi connectivity index (χ3v) is 3.45. The van der Waals surface area contributed by atoms with Crippen molar-refractivity contribution in [3.63, 3.8) is 0 Å². The van der Waals surface area contributed by atoms with Crippen molar-refractivity contribution in [3.8, 4) is 0 Å². The van der Waals surface area contributed by atoms with E-state index in [-0.39, 0.29) is 5.91 Å². The van der Waals surface area contributed by atoms with Crippen LogP contribution in [-0.4, -0.2) is 34.2 Å². The first-order valence-electron chi connectivity index (χ1n) is 6.61. The van der Waals surface area contributed by atoms with Crippen LogP contribution in [0.15, 0.2) is 18.3 Å². The Kier molecular flexibility index (Phi) is 3.39. The first-order chi connectivity index (χ1) is 10.2. The van der Waals surface area contributed by atoms with Crippen LogP contribution in [0.25, 0.3) is 0 Å². The average Bonchev–Trinajstić information content (AvgIpc) is 3.09. The van der Waals surface area contributed by atoms with Crippen LogP contribution in [0.3, 0.4) is 0 Å². The molecule has 0 spiro atoms. The standard InChI is InChI=1S/C14H14N4O3/c1-21-14(20)8-5-6-11(15-7-8)16-13(19)12-9-3-2-4-10(9)17-18-12/h5-7H,2-4H2,1H3,(H,17,18)(H,15,16,19). The van der Waals surface area contributed by atoms with E-state index in [0.717, 1.165) is 30.5 Å². The molecule has 0 saturated carbocycles. The number of anilines is 1. The number of aromatic nitrogens is 3. The summed E-state index contributed by atoms with van der Waals surface area (Å²) in [6.07, 6.45) is 4.19. The fourth-order valence-electron chi connectivity index (χ4n) is 2.39. The molecule has 2 aromatic heterocycles. The molecule has 0 atom stereocenters. The summed E-state index contributed by atoms with van der Waals surface area (Å²) >= 11 is 0. The second-order valence-electron chi connectivity index (χ2n) is 4.76. The molecule has 0 bridgehead atoms. The van der Waals surface area contributed by atoms with Gasteiger partial charge in [0.1, 0.15) is 5.82 Å². The van der Waals surface area contributed by atoms with Crippen LogP contribution in [0, 0.1) is 0 Å². The Morgan fingerprint density at radius 2 is 2.19 bits per heavy atom. The van der Waals surface area contributed by atoms with Gasteiger partial charge in [-0.2, -0.15) is 5.10 Å². The molecular formula is C14H14N4O3. The second-order valence-corrected chi connectivity index (χ2v) is 4.76. The van der Waals surface area contributed by atoms with E-state index in [1.807, 2.05) is 0 Å². The minimum Gasteiger partial charge on any atom is -0.465 e. The summed E-state index contributed by atoms with van der Waals surface area (Å²) < 4.78 is 4.59. The Hall–Kier alpha value is -2.70. The molecule has 2 N–H and O–H groups in total. The number of H-pyrrole nitrogens is 1. The summed E-state index contributed by atoms with van der Waals surface area (Å²) in [5.74, 6) is -0.402. The number of fused-ring (bicyclic) bond motifs is 1. The number of rotatable bonds is 3. The van der Waals surface area contributed by atoms with E-state index in [1.165, 1.54) is 13.3 Å². The van der Waals surface area contributed by atoms with E-state index < -0.39 is 5.97 Å². The largest absolute Gasteiger partial charge is 0.465 e. The summed E-state index contributed by atoms with van der Waals surface area (Å²) in [5, 5.41) is 9.62. The van der Waals surface area contributed by atoms with E-state index in [9.17, 15) is 9.59 Å². The van der Waals surface area contributed by atoms with E-state index in [2.05, 4.69) is 25.2 Å². The molecule has 0 saturated heterocycles. The highest BCUT2D eigenvalue weighted by atomic mass is 16.5. The Morgan fingerprint density at radius 3 is 2.90 bits per heavy atom. The van der Waals surface area contributed by atoms with Crippen LogP contribution in [0.4, 0.5) is 5.82 Å². The number of carbonyl (C=O) groups excluding carboxylic acids is 2. The summed E-state index contributed by atoms with van der Waals surface area (Å²) in [4.78, 5) is 27.5. The summed E-state index contributed by atoms with van der Waals surface area (Å²) in [6, 6.07) is 3.10. The lowest BCUT2D eigenvalue weighted by atomic mass is 10.2. The van der Waals surface area contributed by atoms with Gasteiger partial charge in [-0.3, -0.25) is 9.89 Å². The molecule has 0 unspecified atom stereocenters. The van der Waals surface area contributed by atoms with Gasteiger partial charge in [0.15, 0.2) is 5.69 Å². The zero-order chi connectivity index (χ0) is 14.8. The smallest absolute Gasteiger partial charge is 0.339 e. The van der Waals surface area contributed by atoms with E-state index in [0.29, 0.717) is 17.1 Å². The topological polar surface area (TPSA) is 97.0 Å². The molecule has 1 amide bonds. The second kappa shape index (κ2) is 5.35. The van der Waals surface area contributed by atoms with Crippen molar-refractivity contribution < 1.29 is 14.3 Å². The Morgan fingerprint density at radius 1 is 1.33 bits per heavy atom. The molecule has 0 aliphatic heterocycles. The number of hydrogen-bond acceptors (Lipinski definition) is 5. The number of aryl methyl sites for hydroxylation is 1. The van der Waals surface area contributed by atoms with E-state index in [1.54, 1.807) is 12.1 Å². The maximum Gasteiger partial charge on any atom is 0.339 e. The Bertz CT molecular complexity index is 691. The molecule has 2 heterocycles. The highest BCUT2D eigenvalue weighted by Gasteiger charge is 2.23. The number of hydrogen-bond donors (Lipinski definition) is 2. The molecule has 0 aromatic carbocycles. The number of methoxy groups -OCH3 is 1. The van der Waals surface area contributed by atoms with Crippen molar-refractivity contribution in [2.45, 2.75) is 19.3 Å². The van der Waals surface area contributed by atoms with Crippen molar-refractivity contribution in [3.05, 3.63) is 40.8 Å². The molecule has 2 aromatic rings. The van der Waals surface area contributed by atoms with E-state index in [4.69, 9.17) is 0 Å². The Labute approximate surface area is 120 Å². The van der Waals surface area contributed by atoms with Crippen molar-refractivity contribution in [1.82, 2.24) is 15.2 Å². The van der Waals surface area contributed by atoms with Gasteiger partial charge < -0.3 is 10.1 Å². The van der Waals surface area contributed by atoms with Crippen LogP contribution >= 0.6 is 0 Å². The van der Waals surface area contributed by atoms with Gasteiger partial charge in [0.2, 0.25) is 0 Å². The SMILES string of the molecule is COC(=O)c1ccc(NC(=O)c2n[nH]c3c2CCC3)nc1. The third-order valence-electron chi connectivity index (χ3n) is 3.45. The molecule has 1 aliphatic carbocycles. The van der Waals surface area contributed by atoms with Crippen molar-refractivity contribution in [2.24, 2.45) is 0 Å². The highest BCUT2D eigenvalue weighted by Crippen LogP contribution is 2.23. The number of nitrogens with zero attached hydrogens (tertiary/aromatic N) is 2. The number of ether oxygens (including phenoxy) is 1. The summed E-state index contributed by atoms with van der Waals surface area (Å²) in [7, 11) is 1.30. The molecule has 1 aliphatic rings. The van der Waals surface area contributed by atoms with Gasteiger partial charge in [0.25, 0.3) is 5.91 Å². The van der Waals surface area contributed by atoms with Gasteiger partial charge in [-0.05, 0) is 31.4 Å². The molecule has 7 nitrogen and oxygen atoms in total. The van der Waals surface area contributed by atoms with Crippen LogP contribution in [-0.2, 0) is 17.6 Å². The predicted molar refractivity (Wildman–Crippen MR) is 74.1 cm³/mol. The maximum atomic E-state index is 12.2. The number of carbonyl (C=O) groups is 2. The van der Waals surface area contributed by atoms with Crippen molar-refractivity contribution in [1.29, 1.82) is 0 Å². The van der Waals surface area contributed by atoms with Crippen LogP contribution in [0.2, 0.25) is 0 Å². The highest BCUT2D eigenvalue weighted by molar-refractivity contribution is 6.03. The van der Waals surface area contributed by atoms with Gasteiger partial charge in [-0.1, -0.05) is 0 Å². The lowest BCUT2D eigenvalue weighted by molar-refractivity contribution is 0.0600. The number of esters is 1. The van der Waals surface area contributed by atoms with Gasteiger partial charge in [0.05, 0.1) is 12.7 Å². The maximum absolute atomic E-state index is 12.2. The van der Waals surface area contributed by atoms with Gasteiger partial charge >= 0.3 is 5.97 Å². The molecule has 21 heavy (non-hydrogen) atoms. The van der Waals surface area contributed by atoms with E-state index >= 15 is 0 Å². The number of aromatic amines is 1. The van der Waals surface area contributed by atoms with Crippen molar-refractivity contribution in [2.75, 3.05) is 12.4 Å². The summed E-state index contributed by atoms with van der Waals surface area (Å²) in [6.45, 7) is 0. The number of pyridine rings is 1. The molecule has 0 fully saturated rings. The Balaban J connectivity index is 1.74. The molecule has 3 rings (SSSR count). The third kappa shape index (κ3) is 2.49. The normalized spacial score (nSPS) is 12.8. The predicted octanol–water partition coefficient (Wildman–Crippen LogP) is 1.33. The van der Waals surface area contributed by atoms with Crippen LogP contribution in [0.1, 0.15) is 38.5 Å². The molecular weight excluding hydrogens is 272 g/mol. The minimum atomic E-state index is -0.467. The molecule has 108 valence electrons. The van der Waals surface area contributed by atoms with Crippen LogP contribution < -0.4 is 5.32 Å². The zero-order valence-electron chi connectivity index (χ0n) is 11.5. The molecule has 0 radical (unpaired) electrons. The van der Waals surface area contributed by atoms with Crippen LogP contribution in [0.5, 0.6) is 0 Å². The van der Waals surface area contributed by atoms with Gasteiger partial charge in [0, 0.05) is 17.5 Å². The minimum absolute atomic E-state index is 0.298. The fourth-order valence-corrected chi connectivity index (χ4v) is 2.39. The molecule has 7 heteroatoms. The van der Waals surface area contributed by atoms with Gasteiger partial charge in [-0.15, -0.1) is 0 Å². The summed E-state index contributed by atoms with van der Waals surface area (Å²) in [5.41, 5.74) is 2.77. The quantitative estimate of drug-likeness (QED) is 0.830. The number of nitrogens with one attached hydrogen (secondary N) is 2. The van der Waals surface area contributed by atoms with Gasteiger partial charge in [-0.25, -0.2) is 9.78 Å². The zero-order valence-corrected chi connectivity index (χ0v) is 11.5. The first kappa shape index (κ1) is 13.3. The lowest BCUT2D eigenvalue weighted by Crippen LogP contribution is -2.15.